The average molecular weight is 239 g/mol. The fraction of sp³-hybridized carbons (Fsp3) is 0.111. The number of pyridine rings is 1. The minimum atomic E-state index is -0.443. The molecule has 1 N–H and O–H groups in total. The molecule has 0 unspecified atom stereocenters. The van der Waals surface area contributed by atoms with Gasteiger partial charge in [0.15, 0.2) is 5.82 Å². The molecule has 0 radical (unpaired) electrons. The van der Waals surface area contributed by atoms with Gasteiger partial charge in [0.1, 0.15) is 0 Å². The molecule has 2 rings (SSSR count). The number of amides is 1. The number of nitrogens with zero attached hydrogens (tertiary/aromatic N) is 3. The summed E-state index contributed by atoms with van der Waals surface area (Å²) in [7, 11) is 0. The third-order valence-electron chi connectivity index (χ3n) is 1.76. The molecule has 2 heterocycles. The first-order valence-corrected chi connectivity index (χ1v) is 4.76. The lowest BCUT2D eigenvalue weighted by atomic mass is 10.3. The van der Waals surface area contributed by atoms with Gasteiger partial charge in [0.25, 0.3) is 5.91 Å². The predicted molar refractivity (Wildman–Crippen MR) is 56.2 cm³/mol. The first-order valence-electron chi connectivity index (χ1n) is 4.38. The van der Waals surface area contributed by atoms with Crippen LogP contribution in [0.5, 0.6) is 0 Å². The maximum atomic E-state index is 11.7. The number of nitrogens with one attached hydrogen (secondary N) is 1. The van der Waals surface area contributed by atoms with Gasteiger partial charge in [0.2, 0.25) is 0 Å². The van der Waals surface area contributed by atoms with E-state index in [2.05, 4.69) is 20.4 Å². The first kappa shape index (κ1) is 10.6. The Labute approximate surface area is 95.6 Å². The van der Waals surface area contributed by atoms with E-state index in [9.17, 15) is 4.79 Å². The topological polar surface area (TPSA) is 80.9 Å². The fourth-order valence-electron chi connectivity index (χ4n) is 1.06. The molecule has 16 heavy (non-hydrogen) atoms. The Kier molecular flexibility index (Phi) is 2.82. The Morgan fingerprint density at radius 3 is 3.00 bits per heavy atom. The zero-order valence-electron chi connectivity index (χ0n) is 8.27. The van der Waals surface area contributed by atoms with Gasteiger partial charge in [-0.1, -0.05) is 16.8 Å². The number of carbonyl (C=O) groups excluding carboxylic acids is 1. The standard InChI is InChI=1S/C9H7ClN4O2/c1-5-12-9(16-14-5)13-8(15)6-4-11-3-2-7(6)10/h2-4H,1H3,(H,12,13,14,15). The van der Waals surface area contributed by atoms with Crippen LogP contribution in [0.4, 0.5) is 6.01 Å². The number of carbonyl (C=O) groups is 1. The van der Waals surface area contributed by atoms with Gasteiger partial charge in [-0.05, 0) is 13.0 Å². The highest BCUT2D eigenvalue weighted by Crippen LogP contribution is 2.15. The van der Waals surface area contributed by atoms with Crippen LogP contribution in [0.15, 0.2) is 23.0 Å². The molecule has 0 fully saturated rings. The molecule has 0 saturated heterocycles. The summed E-state index contributed by atoms with van der Waals surface area (Å²) in [5.74, 6) is -0.00525. The number of halogens is 1. The molecule has 2 aromatic heterocycles. The second-order valence-electron chi connectivity index (χ2n) is 2.96. The van der Waals surface area contributed by atoms with E-state index in [0.29, 0.717) is 10.8 Å². The molecule has 0 spiro atoms. The zero-order valence-corrected chi connectivity index (χ0v) is 9.02. The first-order chi connectivity index (χ1) is 7.66. The van der Waals surface area contributed by atoms with Crippen LogP contribution in [0.1, 0.15) is 16.2 Å². The molecular formula is C9H7ClN4O2. The molecule has 0 bridgehead atoms. The van der Waals surface area contributed by atoms with E-state index in [1.807, 2.05) is 0 Å². The Morgan fingerprint density at radius 1 is 1.56 bits per heavy atom. The molecule has 0 aliphatic heterocycles. The molecule has 0 saturated carbocycles. The van der Waals surface area contributed by atoms with Gasteiger partial charge in [-0.15, -0.1) is 0 Å². The third-order valence-corrected chi connectivity index (χ3v) is 2.09. The monoisotopic (exact) mass is 238 g/mol. The normalized spacial score (nSPS) is 10.1. The smallest absolute Gasteiger partial charge is 0.315 e. The van der Waals surface area contributed by atoms with Crippen molar-refractivity contribution in [1.29, 1.82) is 0 Å². The number of hydrogen-bond acceptors (Lipinski definition) is 5. The van der Waals surface area contributed by atoms with E-state index < -0.39 is 5.91 Å². The van der Waals surface area contributed by atoms with Crippen molar-refractivity contribution in [3.8, 4) is 0 Å². The maximum Gasteiger partial charge on any atom is 0.328 e. The molecule has 0 aromatic carbocycles. The van der Waals surface area contributed by atoms with Crippen LogP contribution < -0.4 is 5.32 Å². The highest BCUT2D eigenvalue weighted by Gasteiger charge is 2.13. The summed E-state index contributed by atoms with van der Waals surface area (Å²) < 4.78 is 4.74. The van der Waals surface area contributed by atoms with Crippen molar-refractivity contribution < 1.29 is 9.32 Å². The SMILES string of the molecule is Cc1noc(NC(=O)c2cnccc2Cl)n1. The molecule has 0 atom stereocenters. The van der Waals surface area contributed by atoms with Gasteiger partial charge in [-0.2, -0.15) is 4.98 Å². The maximum absolute atomic E-state index is 11.7. The molecule has 7 heteroatoms. The molecule has 1 amide bonds. The van der Waals surface area contributed by atoms with Crippen LogP contribution in [0, 0.1) is 6.92 Å². The summed E-state index contributed by atoms with van der Waals surface area (Å²) in [5.41, 5.74) is 0.250. The van der Waals surface area contributed by atoms with Crippen LogP contribution in [-0.4, -0.2) is 21.0 Å². The van der Waals surface area contributed by atoms with E-state index >= 15 is 0 Å². The molecule has 0 aliphatic carbocycles. The van der Waals surface area contributed by atoms with E-state index in [4.69, 9.17) is 16.1 Å². The number of aromatic nitrogens is 3. The zero-order chi connectivity index (χ0) is 11.5. The number of hydrogen-bond donors (Lipinski definition) is 1. The largest absolute Gasteiger partial charge is 0.328 e. The van der Waals surface area contributed by atoms with Crippen molar-refractivity contribution >= 4 is 23.5 Å². The van der Waals surface area contributed by atoms with E-state index in [0.717, 1.165) is 0 Å². The van der Waals surface area contributed by atoms with Crippen LogP contribution in [0.25, 0.3) is 0 Å². The Balaban J connectivity index is 2.18. The second-order valence-corrected chi connectivity index (χ2v) is 3.36. The Morgan fingerprint density at radius 2 is 2.38 bits per heavy atom. The Hall–Kier alpha value is -1.95. The number of rotatable bonds is 2. The lowest BCUT2D eigenvalue weighted by Crippen LogP contribution is -2.13. The Bertz CT molecular complexity index is 526. The summed E-state index contributed by atoms with van der Waals surface area (Å²) in [6.45, 7) is 1.65. The fourth-order valence-corrected chi connectivity index (χ4v) is 1.25. The van der Waals surface area contributed by atoms with Gasteiger partial charge >= 0.3 is 6.01 Å². The second kappa shape index (κ2) is 4.28. The molecule has 82 valence electrons. The number of anilines is 1. The molecule has 6 nitrogen and oxygen atoms in total. The molecular weight excluding hydrogens is 232 g/mol. The average Bonchev–Trinajstić information content (AvgIpc) is 2.64. The van der Waals surface area contributed by atoms with Crippen LogP contribution in [0.2, 0.25) is 5.02 Å². The molecule has 2 aromatic rings. The number of aryl methyl sites for hydroxylation is 1. The minimum Gasteiger partial charge on any atom is -0.315 e. The van der Waals surface area contributed by atoms with Crippen LogP contribution >= 0.6 is 11.6 Å². The van der Waals surface area contributed by atoms with Crippen LogP contribution in [0.3, 0.4) is 0 Å². The lowest BCUT2D eigenvalue weighted by Gasteiger charge is -2.01. The van der Waals surface area contributed by atoms with E-state index in [1.165, 1.54) is 18.5 Å². The summed E-state index contributed by atoms with van der Waals surface area (Å²) in [6.07, 6.45) is 2.86. The van der Waals surface area contributed by atoms with E-state index in [-0.39, 0.29) is 11.6 Å². The predicted octanol–water partition coefficient (Wildman–Crippen LogP) is 1.68. The van der Waals surface area contributed by atoms with Gasteiger partial charge in [-0.25, -0.2) is 0 Å². The van der Waals surface area contributed by atoms with Crippen molar-refractivity contribution in [3.05, 3.63) is 34.9 Å². The highest BCUT2D eigenvalue weighted by atomic mass is 35.5. The van der Waals surface area contributed by atoms with E-state index in [1.54, 1.807) is 6.92 Å². The highest BCUT2D eigenvalue weighted by molar-refractivity contribution is 6.34. The van der Waals surface area contributed by atoms with Crippen LogP contribution in [-0.2, 0) is 0 Å². The van der Waals surface area contributed by atoms with Gasteiger partial charge in [-0.3, -0.25) is 15.1 Å². The summed E-state index contributed by atoms with van der Waals surface area (Å²) in [6, 6.07) is 1.55. The van der Waals surface area contributed by atoms with Crippen molar-refractivity contribution in [2.75, 3.05) is 5.32 Å². The molecule has 0 aliphatic rings. The van der Waals surface area contributed by atoms with Gasteiger partial charge in [0.05, 0.1) is 10.6 Å². The lowest BCUT2D eigenvalue weighted by molar-refractivity contribution is 0.102. The van der Waals surface area contributed by atoms with Crippen molar-refractivity contribution in [2.45, 2.75) is 6.92 Å². The summed E-state index contributed by atoms with van der Waals surface area (Å²) >= 11 is 5.82. The quantitative estimate of drug-likeness (QED) is 0.861. The summed E-state index contributed by atoms with van der Waals surface area (Å²) in [5, 5.41) is 6.26. The summed E-state index contributed by atoms with van der Waals surface area (Å²) in [4.78, 5) is 19.3. The third kappa shape index (κ3) is 2.17. The van der Waals surface area contributed by atoms with Crippen molar-refractivity contribution in [3.63, 3.8) is 0 Å². The van der Waals surface area contributed by atoms with Crippen molar-refractivity contribution in [2.24, 2.45) is 0 Å². The van der Waals surface area contributed by atoms with Crippen molar-refractivity contribution in [1.82, 2.24) is 15.1 Å². The minimum absolute atomic E-state index is 0.0300. The van der Waals surface area contributed by atoms with Gasteiger partial charge < -0.3 is 4.52 Å². The van der Waals surface area contributed by atoms with Gasteiger partial charge in [0, 0.05) is 12.4 Å².